The van der Waals surface area contributed by atoms with Crippen LogP contribution in [0.25, 0.3) is 0 Å². The molecule has 76 valence electrons. The van der Waals surface area contributed by atoms with Gasteiger partial charge in [-0.2, -0.15) is 0 Å². The first-order chi connectivity index (χ1) is 6.74. The minimum Gasteiger partial charge on any atom is -0.459 e. The molecule has 2 heterocycles. The molecular formula is C9H12BrN3O. The SMILES string of the molecule is CN1CCC(Oc2ncc(Br)cn2)C1. The quantitative estimate of drug-likeness (QED) is 0.802. The van der Waals surface area contributed by atoms with Gasteiger partial charge in [-0.05, 0) is 29.4 Å². The number of halogens is 1. The molecule has 0 saturated carbocycles. The average molecular weight is 258 g/mol. The van der Waals surface area contributed by atoms with Crippen molar-refractivity contribution in [3.63, 3.8) is 0 Å². The molecule has 0 N–H and O–H groups in total. The Morgan fingerprint density at radius 3 is 2.79 bits per heavy atom. The summed E-state index contributed by atoms with van der Waals surface area (Å²) in [5.74, 6) is 0. The third kappa shape index (κ3) is 2.42. The van der Waals surface area contributed by atoms with E-state index >= 15 is 0 Å². The van der Waals surface area contributed by atoms with Crippen molar-refractivity contribution >= 4 is 15.9 Å². The van der Waals surface area contributed by atoms with Gasteiger partial charge in [0.2, 0.25) is 0 Å². The van der Waals surface area contributed by atoms with Crippen LogP contribution in [0.2, 0.25) is 0 Å². The molecule has 1 atom stereocenters. The Balaban J connectivity index is 1.94. The van der Waals surface area contributed by atoms with E-state index in [1.165, 1.54) is 0 Å². The van der Waals surface area contributed by atoms with Crippen LogP contribution < -0.4 is 4.74 Å². The Morgan fingerprint density at radius 2 is 2.21 bits per heavy atom. The van der Waals surface area contributed by atoms with Crippen LogP contribution in [0.5, 0.6) is 6.01 Å². The highest BCUT2D eigenvalue weighted by Gasteiger charge is 2.21. The van der Waals surface area contributed by atoms with Crippen LogP contribution in [0.15, 0.2) is 16.9 Å². The normalized spacial score (nSPS) is 22.6. The van der Waals surface area contributed by atoms with Gasteiger partial charge < -0.3 is 9.64 Å². The van der Waals surface area contributed by atoms with E-state index in [-0.39, 0.29) is 6.10 Å². The van der Waals surface area contributed by atoms with Crippen LogP contribution in [0.3, 0.4) is 0 Å². The zero-order valence-corrected chi connectivity index (χ0v) is 9.57. The molecule has 14 heavy (non-hydrogen) atoms. The van der Waals surface area contributed by atoms with Crippen molar-refractivity contribution in [1.29, 1.82) is 0 Å². The zero-order valence-electron chi connectivity index (χ0n) is 7.98. The van der Waals surface area contributed by atoms with E-state index in [9.17, 15) is 0 Å². The summed E-state index contributed by atoms with van der Waals surface area (Å²) in [6, 6.07) is 0.466. The lowest BCUT2D eigenvalue weighted by Gasteiger charge is -2.11. The highest BCUT2D eigenvalue weighted by atomic mass is 79.9. The summed E-state index contributed by atoms with van der Waals surface area (Å²) >= 11 is 3.28. The zero-order chi connectivity index (χ0) is 9.97. The molecular weight excluding hydrogens is 246 g/mol. The molecule has 0 aliphatic carbocycles. The highest BCUT2D eigenvalue weighted by molar-refractivity contribution is 9.10. The summed E-state index contributed by atoms with van der Waals surface area (Å²) in [5, 5.41) is 0. The maximum absolute atomic E-state index is 5.62. The van der Waals surface area contributed by atoms with Gasteiger partial charge in [0.1, 0.15) is 6.10 Å². The average Bonchev–Trinajstić information content (AvgIpc) is 2.56. The summed E-state index contributed by atoms with van der Waals surface area (Å²) in [7, 11) is 2.09. The van der Waals surface area contributed by atoms with Gasteiger partial charge in [-0.25, -0.2) is 9.97 Å². The Morgan fingerprint density at radius 1 is 1.50 bits per heavy atom. The Bertz CT molecular complexity index is 303. The first-order valence-corrected chi connectivity index (χ1v) is 5.36. The van der Waals surface area contributed by atoms with Crippen molar-refractivity contribution in [1.82, 2.24) is 14.9 Å². The minimum absolute atomic E-state index is 0.237. The summed E-state index contributed by atoms with van der Waals surface area (Å²) in [6.45, 7) is 2.04. The molecule has 0 amide bonds. The molecule has 5 heteroatoms. The second kappa shape index (κ2) is 4.23. The van der Waals surface area contributed by atoms with Gasteiger partial charge in [0.15, 0.2) is 0 Å². The molecule has 0 aromatic carbocycles. The third-order valence-corrected chi connectivity index (χ3v) is 2.63. The first-order valence-electron chi connectivity index (χ1n) is 4.57. The number of aromatic nitrogens is 2. The number of nitrogens with zero attached hydrogens (tertiary/aromatic N) is 3. The van der Waals surface area contributed by atoms with Crippen LogP contribution >= 0.6 is 15.9 Å². The monoisotopic (exact) mass is 257 g/mol. The van der Waals surface area contributed by atoms with Gasteiger partial charge in [0.25, 0.3) is 0 Å². The van der Waals surface area contributed by atoms with Crippen molar-refractivity contribution in [2.75, 3.05) is 20.1 Å². The molecule has 1 aromatic rings. The largest absolute Gasteiger partial charge is 0.459 e. The van der Waals surface area contributed by atoms with Crippen LogP contribution in [0, 0.1) is 0 Å². The molecule has 1 aromatic heterocycles. The fourth-order valence-electron chi connectivity index (χ4n) is 1.50. The molecule has 1 aliphatic rings. The van der Waals surface area contributed by atoms with E-state index in [0.717, 1.165) is 24.0 Å². The third-order valence-electron chi connectivity index (χ3n) is 2.22. The second-order valence-electron chi connectivity index (χ2n) is 3.47. The molecule has 0 radical (unpaired) electrons. The standard InChI is InChI=1S/C9H12BrN3O/c1-13-3-2-8(6-13)14-9-11-4-7(10)5-12-9/h4-5,8H,2-3,6H2,1H3. The Labute approximate surface area is 91.4 Å². The van der Waals surface area contributed by atoms with Gasteiger partial charge in [0, 0.05) is 25.5 Å². The maximum Gasteiger partial charge on any atom is 0.316 e. The van der Waals surface area contributed by atoms with Crippen LogP contribution in [0.4, 0.5) is 0 Å². The molecule has 4 nitrogen and oxygen atoms in total. The van der Waals surface area contributed by atoms with E-state index in [1.807, 2.05) is 0 Å². The van der Waals surface area contributed by atoms with Gasteiger partial charge in [-0.15, -0.1) is 0 Å². The van der Waals surface area contributed by atoms with Crippen molar-refractivity contribution in [3.05, 3.63) is 16.9 Å². The van der Waals surface area contributed by atoms with E-state index < -0.39 is 0 Å². The van der Waals surface area contributed by atoms with Crippen molar-refractivity contribution in [2.45, 2.75) is 12.5 Å². The van der Waals surface area contributed by atoms with Crippen LogP contribution in [-0.2, 0) is 0 Å². The fourth-order valence-corrected chi connectivity index (χ4v) is 1.71. The summed E-state index contributed by atoms with van der Waals surface area (Å²) in [6.07, 6.45) is 4.68. The van der Waals surface area contributed by atoms with Gasteiger partial charge in [-0.3, -0.25) is 0 Å². The molecule has 1 fully saturated rings. The number of hydrogen-bond donors (Lipinski definition) is 0. The topological polar surface area (TPSA) is 38.2 Å². The van der Waals surface area contributed by atoms with Crippen LogP contribution in [-0.4, -0.2) is 41.1 Å². The second-order valence-corrected chi connectivity index (χ2v) is 4.39. The predicted octanol–water partition coefficient (Wildman–Crippen LogP) is 1.32. The number of likely N-dealkylation sites (N-methyl/N-ethyl adjacent to an activating group) is 1. The lowest BCUT2D eigenvalue weighted by atomic mass is 10.3. The molecule has 1 saturated heterocycles. The molecule has 0 spiro atoms. The minimum atomic E-state index is 0.237. The smallest absolute Gasteiger partial charge is 0.316 e. The highest BCUT2D eigenvalue weighted by Crippen LogP contribution is 2.14. The molecule has 1 aliphatic heterocycles. The van der Waals surface area contributed by atoms with E-state index in [4.69, 9.17) is 4.74 Å². The van der Waals surface area contributed by atoms with E-state index in [0.29, 0.717) is 6.01 Å². The lowest BCUT2D eigenvalue weighted by Crippen LogP contribution is -2.22. The Kier molecular flexibility index (Phi) is 2.98. The van der Waals surface area contributed by atoms with Gasteiger partial charge >= 0.3 is 6.01 Å². The fraction of sp³-hybridized carbons (Fsp3) is 0.556. The molecule has 0 bridgehead atoms. The lowest BCUT2D eigenvalue weighted by molar-refractivity contribution is 0.191. The molecule has 1 unspecified atom stereocenters. The predicted molar refractivity (Wildman–Crippen MR) is 56.3 cm³/mol. The van der Waals surface area contributed by atoms with Crippen molar-refractivity contribution < 1.29 is 4.74 Å². The van der Waals surface area contributed by atoms with E-state index in [1.54, 1.807) is 12.4 Å². The van der Waals surface area contributed by atoms with Crippen molar-refractivity contribution in [3.8, 4) is 6.01 Å². The Hall–Kier alpha value is -0.680. The number of rotatable bonds is 2. The van der Waals surface area contributed by atoms with E-state index in [2.05, 4.69) is 37.8 Å². The summed E-state index contributed by atoms with van der Waals surface area (Å²) in [4.78, 5) is 10.4. The van der Waals surface area contributed by atoms with Gasteiger partial charge in [-0.1, -0.05) is 0 Å². The maximum atomic E-state index is 5.62. The number of likely N-dealkylation sites (tertiary alicyclic amines) is 1. The summed E-state index contributed by atoms with van der Waals surface area (Å²) < 4.78 is 6.48. The van der Waals surface area contributed by atoms with Crippen molar-refractivity contribution in [2.24, 2.45) is 0 Å². The number of hydrogen-bond acceptors (Lipinski definition) is 4. The number of ether oxygens (including phenoxy) is 1. The van der Waals surface area contributed by atoms with Crippen LogP contribution in [0.1, 0.15) is 6.42 Å². The molecule has 2 rings (SSSR count). The summed E-state index contributed by atoms with van der Waals surface area (Å²) in [5.41, 5.74) is 0. The van der Waals surface area contributed by atoms with Gasteiger partial charge in [0.05, 0.1) is 4.47 Å². The first kappa shape index (κ1) is 9.86.